The van der Waals surface area contributed by atoms with Crippen molar-refractivity contribution in [2.45, 2.75) is 13.5 Å². The standard InChI is InChI=1S/C12H11N5OS/c1-8-7-19-12(14-8)17-11(10(6-18)15-16-17)9-2-4-13-5-3-9/h2-5,7,18H,6H2,1H3. The van der Waals surface area contributed by atoms with E-state index in [1.165, 1.54) is 11.3 Å². The first kappa shape index (κ1) is 11.9. The molecule has 0 aliphatic heterocycles. The molecule has 0 aliphatic carbocycles. The van der Waals surface area contributed by atoms with Gasteiger partial charge in [0.15, 0.2) is 0 Å². The van der Waals surface area contributed by atoms with Crippen molar-refractivity contribution in [3.63, 3.8) is 0 Å². The second-order valence-electron chi connectivity index (χ2n) is 3.96. The van der Waals surface area contributed by atoms with Crippen LogP contribution in [0, 0.1) is 6.92 Å². The highest BCUT2D eigenvalue weighted by atomic mass is 32.1. The molecule has 0 radical (unpaired) electrons. The molecule has 96 valence electrons. The van der Waals surface area contributed by atoms with Crippen LogP contribution in [0.15, 0.2) is 29.9 Å². The molecule has 7 heteroatoms. The Kier molecular flexibility index (Phi) is 3.06. The maximum Gasteiger partial charge on any atom is 0.212 e. The Bertz CT molecular complexity index is 691. The lowest BCUT2D eigenvalue weighted by atomic mass is 10.1. The van der Waals surface area contributed by atoms with E-state index < -0.39 is 0 Å². The highest BCUT2D eigenvalue weighted by Crippen LogP contribution is 2.26. The first-order chi connectivity index (χ1) is 9.29. The van der Waals surface area contributed by atoms with Crippen LogP contribution in [0.1, 0.15) is 11.4 Å². The van der Waals surface area contributed by atoms with Crippen LogP contribution >= 0.6 is 11.3 Å². The van der Waals surface area contributed by atoms with Crippen molar-refractivity contribution in [1.29, 1.82) is 0 Å². The molecular weight excluding hydrogens is 262 g/mol. The Hall–Kier alpha value is -2.12. The third kappa shape index (κ3) is 2.13. The second-order valence-corrected chi connectivity index (χ2v) is 4.80. The fourth-order valence-electron chi connectivity index (χ4n) is 1.79. The lowest BCUT2D eigenvalue weighted by Crippen LogP contribution is -2.00. The molecule has 0 fully saturated rings. The van der Waals surface area contributed by atoms with Gasteiger partial charge >= 0.3 is 0 Å². The normalized spacial score (nSPS) is 10.8. The molecule has 0 amide bonds. The van der Waals surface area contributed by atoms with Gasteiger partial charge in [0.2, 0.25) is 5.13 Å². The minimum atomic E-state index is -0.165. The Morgan fingerprint density at radius 1 is 1.32 bits per heavy atom. The number of hydrogen-bond acceptors (Lipinski definition) is 6. The van der Waals surface area contributed by atoms with Crippen molar-refractivity contribution in [2.24, 2.45) is 0 Å². The van der Waals surface area contributed by atoms with Gasteiger partial charge in [-0.3, -0.25) is 4.98 Å². The zero-order chi connectivity index (χ0) is 13.2. The summed E-state index contributed by atoms with van der Waals surface area (Å²) in [5.41, 5.74) is 3.11. The van der Waals surface area contributed by atoms with Gasteiger partial charge in [-0.1, -0.05) is 5.21 Å². The monoisotopic (exact) mass is 273 g/mol. The first-order valence-electron chi connectivity index (χ1n) is 5.68. The van der Waals surface area contributed by atoms with Crippen LogP contribution < -0.4 is 0 Å². The Labute approximate surface area is 113 Å². The van der Waals surface area contributed by atoms with Crippen molar-refractivity contribution < 1.29 is 5.11 Å². The number of pyridine rings is 1. The fourth-order valence-corrected chi connectivity index (χ4v) is 2.54. The summed E-state index contributed by atoms with van der Waals surface area (Å²) in [5.74, 6) is 0. The van der Waals surface area contributed by atoms with Gasteiger partial charge in [-0.05, 0) is 19.1 Å². The topological polar surface area (TPSA) is 76.7 Å². The van der Waals surface area contributed by atoms with Crippen LogP contribution in [0.4, 0.5) is 0 Å². The van der Waals surface area contributed by atoms with Crippen LogP contribution in [0.5, 0.6) is 0 Å². The Morgan fingerprint density at radius 2 is 2.11 bits per heavy atom. The number of rotatable bonds is 3. The minimum absolute atomic E-state index is 0.165. The van der Waals surface area contributed by atoms with Crippen LogP contribution in [0.25, 0.3) is 16.4 Å². The number of nitrogens with zero attached hydrogens (tertiary/aromatic N) is 5. The number of aliphatic hydroxyl groups excluding tert-OH is 1. The minimum Gasteiger partial charge on any atom is -0.390 e. The van der Waals surface area contributed by atoms with E-state index in [1.54, 1.807) is 17.1 Å². The van der Waals surface area contributed by atoms with E-state index in [9.17, 15) is 5.11 Å². The number of aryl methyl sites for hydroxylation is 1. The summed E-state index contributed by atoms with van der Waals surface area (Å²) in [6.45, 7) is 1.76. The molecule has 0 atom stereocenters. The highest BCUT2D eigenvalue weighted by molar-refractivity contribution is 7.12. The molecule has 0 unspecified atom stereocenters. The zero-order valence-electron chi connectivity index (χ0n) is 10.2. The van der Waals surface area contributed by atoms with Gasteiger partial charge in [-0.25, -0.2) is 4.98 Å². The molecule has 3 heterocycles. The molecule has 0 aromatic carbocycles. The van der Waals surface area contributed by atoms with Crippen LogP contribution in [-0.4, -0.2) is 30.1 Å². The summed E-state index contributed by atoms with van der Waals surface area (Å²) < 4.78 is 1.65. The molecule has 0 bridgehead atoms. The van der Waals surface area contributed by atoms with Gasteiger partial charge in [-0.15, -0.1) is 16.4 Å². The van der Waals surface area contributed by atoms with Gasteiger partial charge in [0.1, 0.15) is 11.4 Å². The van der Waals surface area contributed by atoms with Crippen molar-refractivity contribution in [3.8, 4) is 16.4 Å². The van der Waals surface area contributed by atoms with Crippen LogP contribution in [-0.2, 0) is 6.61 Å². The Morgan fingerprint density at radius 3 is 2.74 bits per heavy atom. The van der Waals surface area contributed by atoms with E-state index in [0.29, 0.717) is 5.69 Å². The van der Waals surface area contributed by atoms with Crippen molar-refractivity contribution >= 4 is 11.3 Å². The van der Waals surface area contributed by atoms with Crippen molar-refractivity contribution in [1.82, 2.24) is 25.0 Å². The molecule has 3 rings (SSSR count). The van der Waals surface area contributed by atoms with E-state index >= 15 is 0 Å². The number of hydrogen-bond donors (Lipinski definition) is 1. The zero-order valence-corrected chi connectivity index (χ0v) is 11.0. The third-order valence-corrected chi connectivity index (χ3v) is 3.57. The highest BCUT2D eigenvalue weighted by Gasteiger charge is 2.17. The van der Waals surface area contributed by atoms with E-state index in [-0.39, 0.29) is 6.61 Å². The third-order valence-electron chi connectivity index (χ3n) is 2.63. The van der Waals surface area contributed by atoms with Crippen LogP contribution in [0.2, 0.25) is 0 Å². The predicted molar refractivity (Wildman–Crippen MR) is 70.9 cm³/mol. The summed E-state index contributed by atoms with van der Waals surface area (Å²) in [6.07, 6.45) is 3.39. The smallest absolute Gasteiger partial charge is 0.212 e. The van der Waals surface area contributed by atoms with Crippen molar-refractivity contribution in [3.05, 3.63) is 41.3 Å². The number of aliphatic hydroxyl groups is 1. The maximum absolute atomic E-state index is 9.40. The maximum atomic E-state index is 9.40. The molecule has 19 heavy (non-hydrogen) atoms. The second kappa shape index (κ2) is 4.87. The molecule has 0 aliphatic rings. The van der Waals surface area contributed by atoms with Gasteiger partial charge in [0.25, 0.3) is 0 Å². The van der Waals surface area contributed by atoms with Gasteiger partial charge in [0, 0.05) is 23.3 Å². The molecule has 6 nitrogen and oxygen atoms in total. The summed E-state index contributed by atoms with van der Waals surface area (Å²) in [6, 6.07) is 3.71. The lowest BCUT2D eigenvalue weighted by Gasteiger charge is -2.04. The molecule has 0 saturated carbocycles. The number of thiazole rings is 1. The fraction of sp³-hybridized carbons (Fsp3) is 0.167. The van der Waals surface area contributed by atoms with Gasteiger partial charge < -0.3 is 5.11 Å². The van der Waals surface area contributed by atoms with E-state index in [0.717, 1.165) is 22.1 Å². The van der Waals surface area contributed by atoms with Gasteiger partial charge in [-0.2, -0.15) is 4.68 Å². The quantitative estimate of drug-likeness (QED) is 0.784. The van der Waals surface area contributed by atoms with E-state index in [2.05, 4.69) is 20.3 Å². The molecule has 0 spiro atoms. The molecule has 0 saturated heterocycles. The molecule has 1 N–H and O–H groups in total. The summed E-state index contributed by atoms with van der Waals surface area (Å²) >= 11 is 1.49. The number of aromatic nitrogens is 5. The van der Waals surface area contributed by atoms with Crippen molar-refractivity contribution in [2.75, 3.05) is 0 Å². The largest absolute Gasteiger partial charge is 0.390 e. The Balaban J connectivity index is 2.19. The molecule has 3 aromatic heterocycles. The SMILES string of the molecule is Cc1csc(-n2nnc(CO)c2-c2ccncc2)n1. The summed E-state index contributed by atoms with van der Waals surface area (Å²) in [5, 5.41) is 20.2. The molecule has 3 aromatic rings. The van der Waals surface area contributed by atoms with Crippen LogP contribution in [0.3, 0.4) is 0 Å². The first-order valence-corrected chi connectivity index (χ1v) is 6.56. The average molecular weight is 273 g/mol. The average Bonchev–Trinajstić information content (AvgIpc) is 3.05. The lowest BCUT2D eigenvalue weighted by molar-refractivity contribution is 0.277. The predicted octanol–water partition coefficient (Wildman–Crippen LogP) is 1.59. The summed E-state index contributed by atoms with van der Waals surface area (Å²) in [4.78, 5) is 8.39. The van der Waals surface area contributed by atoms with E-state index in [1.807, 2.05) is 24.4 Å². The summed E-state index contributed by atoms with van der Waals surface area (Å²) in [7, 11) is 0. The van der Waals surface area contributed by atoms with E-state index in [4.69, 9.17) is 0 Å². The molecular formula is C12H11N5OS. The van der Waals surface area contributed by atoms with Gasteiger partial charge in [0.05, 0.1) is 12.3 Å².